The Bertz CT molecular complexity index is 579. The number of para-hydroxylation sites is 1. The molecule has 2 N–H and O–H groups in total. The minimum atomic E-state index is -0.116. The number of nitrogens with zero attached hydrogens (tertiary/aromatic N) is 2. The lowest BCUT2D eigenvalue weighted by Crippen LogP contribution is -2.27. The summed E-state index contributed by atoms with van der Waals surface area (Å²) in [4.78, 5) is 8.57. The SMILES string of the molecule is CC(C)(CN)Sc1nccnc1OCCOc1ccccc1. The Hall–Kier alpha value is -1.79. The van der Waals surface area contributed by atoms with E-state index in [1.54, 1.807) is 24.2 Å². The van der Waals surface area contributed by atoms with Crippen molar-refractivity contribution in [2.24, 2.45) is 5.73 Å². The number of hydrogen-bond donors (Lipinski definition) is 1. The van der Waals surface area contributed by atoms with Crippen molar-refractivity contribution in [3.63, 3.8) is 0 Å². The molecule has 118 valence electrons. The highest BCUT2D eigenvalue weighted by molar-refractivity contribution is 8.00. The molecule has 1 heterocycles. The Morgan fingerprint density at radius 1 is 1.05 bits per heavy atom. The van der Waals surface area contributed by atoms with E-state index in [1.165, 1.54) is 0 Å². The first kappa shape index (κ1) is 16.6. The van der Waals surface area contributed by atoms with Gasteiger partial charge in [-0.2, -0.15) is 0 Å². The van der Waals surface area contributed by atoms with Gasteiger partial charge in [0.15, 0.2) is 5.03 Å². The molecule has 5 nitrogen and oxygen atoms in total. The summed E-state index contributed by atoms with van der Waals surface area (Å²) < 4.78 is 11.2. The van der Waals surface area contributed by atoms with Gasteiger partial charge in [0.05, 0.1) is 0 Å². The van der Waals surface area contributed by atoms with Crippen LogP contribution < -0.4 is 15.2 Å². The number of nitrogens with two attached hydrogens (primary N) is 1. The van der Waals surface area contributed by atoms with Crippen molar-refractivity contribution in [1.82, 2.24) is 9.97 Å². The van der Waals surface area contributed by atoms with Gasteiger partial charge in [0, 0.05) is 23.7 Å². The molecule has 0 spiro atoms. The molecule has 1 aromatic heterocycles. The molecule has 0 aliphatic rings. The van der Waals surface area contributed by atoms with Crippen molar-refractivity contribution < 1.29 is 9.47 Å². The molecule has 0 saturated carbocycles. The summed E-state index contributed by atoms with van der Waals surface area (Å²) in [5.41, 5.74) is 5.76. The standard InChI is InChI=1S/C16H21N3O2S/c1-16(2,12-17)22-15-14(18-8-9-19-15)21-11-10-20-13-6-4-3-5-7-13/h3-9H,10-12,17H2,1-2H3. The van der Waals surface area contributed by atoms with Gasteiger partial charge in [-0.1, -0.05) is 30.0 Å². The van der Waals surface area contributed by atoms with Crippen LogP contribution in [0.3, 0.4) is 0 Å². The summed E-state index contributed by atoms with van der Waals surface area (Å²) in [5, 5.41) is 0.748. The normalized spacial score (nSPS) is 11.2. The third-order valence-corrected chi connectivity index (χ3v) is 4.02. The van der Waals surface area contributed by atoms with Crippen LogP contribution in [0, 0.1) is 0 Å². The monoisotopic (exact) mass is 319 g/mol. The van der Waals surface area contributed by atoms with E-state index < -0.39 is 0 Å². The van der Waals surface area contributed by atoms with Gasteiger partial charge < -0.3 is 15.2 Å². The molecule has 22 heavy (non-hydrogen) atoms. The van der Waals surface area contributed by atoms with E-state index >= 15 is 0 Å². The zero-order chi connectivity index (χ0) is 15.8. The van der Waals surface area contributed by atoms with Crippen LogP contribution >= 0.6 is 11.8 Å². The van der Waals surface area contributed by atoms with Crippen molar-refractivity contribution in [2.45, 2.75) is 23.6 Å². The molecule has 0 amide bonds. The minimum absolute atomic E-state index is 0.116. The van der Waals surface area contributed by atoms with Crippen LogP contribution in [-0.2, 0) is 0 Å². The second-order valence-electron chi connectivity index (χ2n) is 5.24. The molecule has 2 rings (SSSR count). The Balaban J connectivity index is 1.87. The number of hydrogen-bond acceptors (Lipinski definition) is 6. The summed E-state index contributed by atoms with van der Waals surface area (Å²) >= 11 is 1.56. The first-order chi connectivity index (χ1) is 10.6. The quantitative estimate of drug-likeness (QED) is 0.596. The van der Waals surface area contributed by atoms with Gasteiger partial charge in [-0.05, 0) is 26.0 Å². The van der Waals surface area contributed by atoms with E-state index in [0.29, 0.717) is 25.6 Å². The first-order valence-electron chi connectivity index (χ1n) is 7.11. The van der Waals surface area contributed by atoms with Gasteiger partial charge in [-0.3, -0.25) is 0 Å². The van der Waals surface area contributed by atoms with E-state index in [0.717, 1.165) is 10.8 Å². The van der Waals surface area contributed by atoms with E-state index in [4.69, 9.17) is 15.2 Å². The van der Waals surface area contributed by atoms with Gasteiger partial charge in [0.25, 0.3) is 0 Å². The Labute approximate surface area is 135 Å². The molecule has 0 unspecified atom stereocenters. The van der Waals surface area contributed by atoms with E-state index in [2.05, 4.69) is 23.8 Å². The van der Waals surface area contributed by atoms with Gasteiger partial charge >= 0.3 is 0 Å². The fourth-order valence-corrected chi connectivity index (χ4v) is 2.52. The van der Waals surface area contributed by atoms with Crippen LogP contribution in [0.4, 0.5) is 0 Å². The number of aromatic nitrogens is 2. The van der Waals surface area contributed by atoms with Crippen LogP contribution in [0.1, 0.15) is 13.8 Å². The van der Waals surface area contributed by atoms with Crippen LogP contribution in [-0.4, -0.2) is 34.5 Å². The zero-order valence-electron chi connectivity index (χ0n) is 12.9. The largest absolute Gasteiger partial charge is 0.490 e. The number of thioether (sulfide) groups is 1. The molecule has 0 bridgehead atoms. The third kappa shape index (κ3) is 5.20. The summed E-state index contributed by atoms with van der Waals surface area (Å²) in [6, 6.07) is 9.64. The van der Waals surface area contributed by atoms with Gasteiger partial charge in [0.1, 0.15) is 19.0 Å². The predicted octanol–water partition coefficient (Wildman–Crippen LogP) is 2.76. The number of benzene rings is 1. The van der Waals surface area contributed by atoms with Gasteiger partial charge in [-0.15, -0.1) is 0 Å². The lowest BCUT2D eigenvalue weighted by Gasteiger charge is -2.21. The molecular weight excluding hydrogens is 298 g/mol. The Morgan fingerprint density at radius 2 is 1.73 bits per heavy atom. The summed E-state index contributed by atoms with van der Waals surface area (Å²) in [5.74, 6) is 1.34. The van der Waals surface area contributed by atoms with E-state index in [1.807, 2.05) is 30.3 Å². The van der Waals surface area contributed by atoms with Gasteiger partial charge in [-0.25, -0.2) is 9.97 Å². The average Bonchev–Trinajstić information content (AvgIpc) is 2.54. The average molecular weight is 319 g/mol. The number of ether oxygens (including phenoxy) is 2. The van der Waals surface area contributed by atoms with Crippen LogP contribution in [0.2, 0.25) is 0 Å². The Kier molecular flexibility index (Phi) is 6.03. The maximum Gasteiger partial charge on any atom is 0.246 e. The molecule has 2 aromatic rings. The Morgan fingerprint density at radius 3 is 2.45 bits per heavy atom. The zero-order valence-corrected chi connectivity index (χ0v) is 13.7. The van der Waals surface area contributed by atoms with Crippen LogP contribution in [0.25, 0.3) is 0 Å². The molecule has 0 atom stereocenters. The van der Waals surface area contributed by atoms with Gasteiger partial charge in [0.2, 0.25) is 5.88 Å². The van der Waals surface area contributed by atoms with Crippen molar-refractivity contribution in [1.29, 1.82) is 0 Å². The van der Waals surface area contributed by atoms with E-state index in [-0.39, 0.29) is 4.75 Å². The molecule has 0 aliphatic heterocycles. The van der Waals surface area contributed by atoms with Crippen molar-refractivity contribution in [3.05, 3.63) is 42.7 Å². The summed E-state index contributed by atoms with van der Waals surface area (Å²) in [6.45, 7) is 5.53. The minimum Gasteiger partial charge on any atom is -0.490 e. The highest BCUT2D eigenvalue weighted by atomic mass is 32.2. The van der Waals surface area contributed by atoms with Crippen molar-refractivity contribution >= 4 is 11.8 Å². The highest BCUT2D eigenvalue weighted by Gasteiger charge is 2.21. The third-order valence-electron chi connectivity index (χ3n) is 2.83. The molecule has 6 heteroatoms. The summed E-state index contributed by atoms with van der Waals surface area (Å²) in [6.07, 6.45) is 3.27. The topological polar surface area (TPSA) is 70.3 Å². The fraction of sp³-hybridized carbons (Fsp3) is 0.375. The molecular formula is C16H21N3O2S. The van der Waals surface area contributed by atoms with Crippen LogP contribution in [0.15, 0.2) is 47.8 Å². The van der Waals surface area contributed by atoms with Crippen LogP contribution in [0.5, 0.6) is 11.6 Å². The van der Waals surface area contributed by atoms with Crippen molar-refractivity contribution in [2.75, 3.05) is 19.8 Å². The first-order valence-corrected chi connectivity index (χ1v) is 7.93. The van der Waals surface area contributed by atoms with Crippen molar-refractivity contribution in [3.8, 4) is 11.6 Å². The smallest absolute Gasteiger partial charge is 0.246 e. The maximum absolute atomic E-state index is 5.76. The molecule has 0 saturated heterocycles. The molecule has 0 fully saturated rings. The highest BCUT2D eigenvalue weighted by Crippen LogP contribution is 2.34. The fourth-order valence-electron chi connectivity index (χ4n) is 1.60. The maximum atomic E-state index is 5.76. The summed E-state index contributed by atoms with van der Waals surface area (Å²) in [7, 11) is 0. The van der Waals surface area contributed by atoms with E-state index in [9.17, 15) is 0 Å². The molecule has 0 radical (unpaired) electrons. The number of rotatable bonds is 8. The molecule has 1 aromatic carbocycles. The molecule has 0 aliphatic carbocycles. The predicted molar refractivity (Wildman–Crippen MR) is 88.5 cm³/mol. The lowest BCUT2D eigenvalue weighted by molar-refractivity contribution is 0.207. The lowest BCUT2D eigenvalue weighted by atomic mass is 10.2. The second kappa shape index (κ2) is 8.00. The second-order valence-corrected chi connectivity index (χ2v) is 6.94.